The molecule has 3 aromatic carbocycles. The van der Waals surface area contributed by atoms with Crippen LogP contribution >= 0.6 is 11.8 Å². The number of benzene rings is 3. The number of hydrogen-bond acceptors (Lipinski definition) is 7. The van der Waals surface area contributed by atoms with E-state index < -0.39 is 10.0 Å². The van der Waals surface area contributed by atoms with Crippen molar-refractivity contribution in [2.45, 2.75) is 10.1 Å². The van der Waals surface area contributed by atoms with Crippen LogP contribution in [0.15, 0.2) is 95.0 Å². The van der Waals surface area contributed by atoms with Crippen molar-refractivity contribution < 1.29 is 22.7 Å². The standard InChI is InChI=1S/C30H29N3O5S2/c1-37-27-15-13-24(22-28(27)40(35,36)32-17-19-38-20-18-32)14-16-29(34)33-26-12-6-5-11-25(26)31-30(33)39-21-7-10-23-8-3-2-4-9-23/h2-16,22H,17-21H2,1H3. The van der Waals surface area contributed by atoms with E-state index in [9.17, 15) is 13.2 Å². The van der Waals surface area contributed by atoms with Gasteiger partial charge in [0, 0.05) is 24.9 Å². The van der Waals surface area contributed by atoms with Gasteiger partial charge in [0.25, 0.3) is 5.91 Å². The minimum Gasteiger partial charge on any atom is -0.495 e. The average Bonchev–Trinajstić information content (AvgIpc) is 3.37. The summed E-state index contributed by atoms with van der Waals surface area (Å²) in [6.45, 7) is 1.24. The molecule has 10 heteroatoms. The third-order valence-corrected chi connectivity index (χ3v) is 9.17. The van der Waals surface area contributed by atoms with Crippen LogP contribution in [-0.4, -0.2) is 67.3 Å². The van der Waals surface area contributed by atoms with Crippen LogP contribution in [0.1, 0.15) is 15.9 Å². The van der Waals surface area contributed by atoms with Crippen molar-refractivity contribution in [3.63, 3.8) is 0 Å². The molecule has 1 saturated heterocycles. The van der Waals surface area contributed by atoms with Crippen LogP contribution in [0.2, 0.25) is 0 Å². The van der Waals surface area contributed by atoms with E-state index in [4.69, 9.17) is 9.47 Å². The number of sulfonamides is 1. The Hall–Kier alpha value is -3.70. The van der Waals surface area contributed by atoms with Crippen molar-refractivity contribution in [1.82, 2.24) is 13.9 Å². The lowest BCUT2D eigenvalue weighted by Gasteiger charge is -2.26. The molecule has 206 valence electrons. The van der Waals surface area contributed by atoms with Crippen LogP contribution in [0.4, 0.5) is 0 Å². The molecule has 0 spiro atoms. The lowest BCUT2D eigenvalue weighted by atomic mass is 10.2. The van der Waals surface area contributed by atoms with Gasteiger partial charge in [-0.05, 0) is 41.5 Å². The van der Waals surface area contributed by atoms with Crippen LogP contribution in [0.5, 0.6) is 5.75 Å². The zero-order chi connectivity index (χ0) is 28.0. The van der Waals surface area contributed by atoms with Crippen molar-refractivity contribution >= 4 is 50.9 Å². The van der Waals surface area contributed by atoms with E-state index >= 15 is 0 Å². The second kappa shape index (κ2) is 12.6. The molecular formula is C30H29N3O5S2. The Labute approximate surface area is 238 Å². The fourth-order valence-electron chi connectivity index (χ4n) is 4.35. The smallest absolute Gasteiger partial charge is 0.257 e. The Morgan fingerprint density at radius 1 is 1.00 bits per heavy atom. The van der Waals surface area contributed by atoms with Crippen LogP contribution in [0, 0.1) is 0 Å². The van der Waals surface area contributed by atoms with Gasteiger partial charge in [-0.2, -0.15) is 4.31 Å². The molecule has 1 aliphatic heterocycles. The number of rotatable bonds is 9. The zero-order valence-electron chi connectivity index (χ0n) is 22.0. The molecule has 0 saturated carbocycles. The number of methoxy groups -OCH3 is 1. The highest BCUT2D eigenvalue weighted by Gasteiger charge is 2.29. The van der Waals surface area contributed by atoms with Crippen molar-refractivity contribution in [1.29, 1.82) is 0 Å². The van der Waals surface area contributed by atoms with E-state index in [1.807, 2.05) is 66.7 Å². The molecular weight excluding hydrogens is 546 g/mol. The summed E-state index contributed by atoms with van der Waals surface area (Å²) in [5.74, 6) is 0.602. The van der Waals surface area contributed by atoms with Gasteiger partial charge in [0.1, 0.15) is 10.6 Å². The zero-order valence-corrected chi connectivity index (χ0v) is 23.6. The molecule has 40 heavy (non-hydrogen) atoms. The number of ether oxygens (including phenoxy) is 2. The Morgan fingerprint density at radius 3 is 2.52 bits per heavy atom. The minimum absolute atomic E-state index is 0.0565. The minimum atomic E-state index is -3.79. The maximum absolute atomic E-state index is 13.5. The second-order valence-corrected chi connectivity index (χ2v) is 11.8. The third kappa shape index (κ3) is 6.20. The number of aromatic nitrogens is 2. The van der Waals surface area contributed by atoms with E-state index in [2.05, 4.69) is 4.98 Å². The van der Waals surface area contributed by atoms with Gasteiger partial charge in [-0.3, -0.25) is 9.36 Å². The van der Waals surface area contributed by atoms with Crippen LogP contribution in [-0.2, 0) is 14.8 Å². The molecule has 1 aromatic heterocycles. The van der Waals surface area contributed by atoms with E-state index in [-0.39, 0.29) is 29.6 Å². The second-order valence-electron chi connectivity index (χ2n) is 8.94. The van der Waals surface area contributed by atoms with Gasteiger partial charge in [0.15, 0.2) is 5.16 Å². The lowest BCUT2D eigenvalue weighted by molar-refractivity contribution is 0.0729. The summed E-state index contributed by atoms with van der Waals surface area (Å²) in [7, 11) is -2.36. The summed E-state index contributed by atoms with van der Waals surface area (Å²) < 4.78 is 40.3. The molecule has 0 N–H and O–H groups in total. The Balaban J connectivity index is 1.39. The number of nitrogens with zero attached hydrogens (tertiary/aromatic N) is 3. The van der Waals surface area contributed by atoms with Crippen molar-refractivity contribution in [2.24, 2.45) is 0 Å². The highest BCUT2D eigenvalue weighted by Crippen LogP contribution is 2.29. The number of imidazole rings is 1. The van der Waals surface area contributed by atoms with Gasteiger partial charge in [-0.15, -0.1) is 0 Å². The molecule has 0 atom stereocenters. The molecule has 5 rings (SSSR count). The molecule has 0 bridgehead atoms. The number of morpholine rings is 1. The van der Waals surface area contributed by atoms with Gasteiger partial charge in [-0.1, -0.05) is 72.4 Å². The van der Waals surface area contributed by atoms with Gasteiger partial charge in [-0.25, -0.2) is 13.4 Å². The van der Waals surface area contributed by atoms with E-state index in [0.29, 0.717) is 35.2 Å². The number of carbonyl (C=O) groups is 1. The lowest BCUT2D eigenvalue weighted by Crippen LogP contribution is -2.40. The van der Waals surface area contributed by atoms with Gasteiger partial charge in [0.05, 0.1) is 31.4 Å². The number of allylic oxidation sites excluding steroid dienone is 1. The van der Waals surface area contributed by atoms with E-state index in [1.165, 1.54) is 35.3 Å². The van der Waals surface area contributed by atoms with Crippen LogP contribution in [0.3, 0.4) is 0 Å². The third-order valence-electron chi connectivity index (χ3n) is 6.36. The molecule has 1 fully saturated rings. The average molecular weight is 576 g/mol. The van der Waals surface area contributed by atoms with Gasteiger partial charge >= 0.3 is 0 Å². The maximum Gasteiger partial charge on any atom is 0.257 e. The predicted octanol–water partition coefficient (Wildman–Crippen LogP) is 5.22. The SMILES string of the molecule is COc1ccc(C=CC(=O)n2c(SCC=Cc3ccccc3)nc3ccccc32)cc1S(=O)(=O)N1CCOCC1. The fraction of sp³-hybridized carbons (Fsp3) is 0.200. The molecule has 4 aromatic rings. The Bertz CT molecular complexity index is 1660. The van der Waals surface area contributed by atoms with Crippen LogP contribution in [0.25, 0.3) is 23.2 Å². The van der Waals surface area contributed by atoms with E-state index in [0.717, 1.165) is 11.1 Å². The first-order valence-electron chi connectivity index (χ1n) is 12.8. The topological polar surface area (TPSA) is 90.7 Å². The number of carbonyl (C=O) groups excluding carboxylic acids is 1. The monoisotopic (exact) mass is 575 g/mol. The summed E-state index contributed by atoms with van der Waals surface area (Å²) in [6.07, 6.45) is 7.12. The van der Waals surface area contributed by atoms with Gasteiger partial charge in [0.2, 0.25) is 10.0 Å². The number of fused-ring (bicyclic) bond motifs is 1. The molecule has 1 aliphatic rings. The quantitative estimate of drug-likeness (QED) is 0.200. The Kier molecular flexibility index (Phi) is 8.81. The first-order valence-corrected chi connectivity index (χ1v) is 15.2. The fourth-order valence-corrected chi connectivity index (χ4v) is 6.77. The summed E-state index contributed by atoms with van der Waals surface area (Å²) in [5, 5.41) is 0.582. The van der Waals surface area contributed by atoms with Crippen molar-refractivity contribution in [2.75, 3.05) is 39.2 Å². The van der Waals surface area contributed by atoms with Crippen molar-refractivity contribution in [3.8, 4) is 5.75 Å². The summed E-state index contributed by atoms with van der Waals surface area (Å²) in [4.78, 5) is 18.2. The molecule has 0 aliphatic carbocycles. The highest BCUT2D eigenvalue weighted by atomic mass is 32.2. The molecule has 2 heterocycles. The van der Waals surface area contributed by atoms with Gasteiger partial charge < -0.3 is 9.47 Å². The normalized spacial score (nSPS) is 14.8. The molecule has 8 nitrogen and oxygen atoms in total. The summed E-state index contributed by atoms with van der Waals surface area (Å²) in [6, 6.07) is 22.3. The highest BCUT2D eigenvalue weighted by molar-refractivity contribution is 7.99. The van der Waals surface area contributed by atoms with Crippen molar-refractivity contribution in [3.05, 3.63) is 96.1 Å². The first-order chi connectivity index (χ1) is 19.5. The van der Waals surface area contributed by atoms with Crippen LogP contribution < -0.4 is 4.74 Å². The Morgan fingerprint density at radius 2 is 1.75 bits per heavy atom. The summed E-state index contributed by atoms with van der Waals surface area (Å²) in [5.41, 5.74) is 3.09. The number of para-hydroxylation sites is 2. The summed E-state index contributed by atoms with van der Waals surface area (Å²) >= 11 is 1.47. The molecule has 0 radical (unpaired) electrons. The van der Waals surface area contributed by atoms with E-state index in [1.54, 1.807) is 22.8 Å². The number of thioether (sulfide) groups is 1. The predicted molar refractivity (Wildman–Crippen MR) is 158 cm³/mol. The maximum atomic E-state index is 13.5. The largest absolute Gasteiger partial charge is 0.495 e. The molecule has 0 unspecified atom stereocenters. The molecule has 0 amide bonds. The number of hydrogen-bond donors (Lipinski definition) is 0. The first kappa shape index (κ1) is 27.9.